The highest BCUT2D eigenvalue weighted by Crippen LogP contribution is 2.31. The topological polar surface area (TPSA) is 68.3 Å². The van der Waals surface area contributed by atoms with Crippen LogP contribution in [0.25, 0.3) is 0 Å². The van der Waals surface area contributed by atoms with E-state index < -0.39 is 29.1 Å². The molecule has 4 rings (SSSR count). The first kappa shape index (κ1) is 31.7. The van der Waals surface area contributed by atoms with Gasteiger partial charge in [0.05, 0.1) is 24.8 Å². The molecular weight excluding hydrogens is 568 g/mol. The van der Waals surface area contributed by atoms with Gasteiger partial charge in [-0.2, -0.15) is 13.2 Å². The normalized spacial score (nSPS) is 16.6. The summed E-state index contributed by atoms with van der Waals surface area (Å²) in [6, 6.07) is 17.4. The lowest BCUT2D eigenvalue weighted by atomic mass is 9.96. The zero-order valence-electron chi connectivity index (χ0n) is 24.2. The number of para-hydroxylation sites is 1. The van der Waals surface area contributed by atoms with Crippen molar-refractivity contribution in [3.05, 3.63) is 95.3 Å². The first-order chi connectivity index (χ1) is 20.4. The maximum absolute atomic E-state index is 14.3. The van der Waals surface area contributed by atoms with Crippen LogP contribution in [0.5, 0.6) is 11.5 Å². The average molecular weight is 603 g/mol. The van der Waals surface area contributed by atoms with Gasteiger partial charge in [0.25, 0.3) is 0 Å². The highest BCUT2D eigenvalue weighted by Gasteiger charge is 2.39. The summed E-state index contributed by atoms with van der Waals surface area (Å²) in [5.74, 6) is -0.683. The first-order valence-corrected chi connectivity index (χ1v) is 13.9. The summed E-state index contributed by atoms with van der Waals surface area (Å²) in [7, 11) is 1.66. The van der Waals surface area contributed by atoms with Crippen LogP contribution >= 0.6 is 0 Å². The third-order valence-electron chi connectivity index (χ3n) is 7.24. The number of esters is 1. The van der Waals surface area contributed by atoms with Crippen molar-refractivity contribution in [3.8, 4) is 11.5 Å². The molecule has 11 heteroatoms. The van der Waals surface area contributed by atoms with Gasteiger partial charge in [-0.3, -0.25) is 0 Å². The number of hydrogen-bond donors (Lipinski definition) is 0. The summed E-state index contributed by atoms with van der Waals surface area (Å²) >= 11 is 0. The van der Waals surface area contributed by atoms with Crippen LogP contribution < -0.4 is 9.47 Å². The largest absolute Gasteiger partial charge is 0.494 e. The Kier molecular flexibility index (Phi) is 9.83. The summed E-state index contributed by atoms with van der Waals surface area (Å²) in [4.78, 5) is 28.6. The Morgan fingerprint density at radius 3 is 2.40 bits per heavy atom. The Morgan fingerprint density at radius 2 is 1.72 bits per heavy atom. The molecule has 7 nitrogen and oxygen atoms in total. The fourth-order valence-electron chi connectivity index (χ4n) is 4.93. The molecule has 2 amide bonds. The SMILES string of the molecule is CCOC(=O)C(C)(Cc1ccc(OCCC2CN(Cc3cccc(C(F)(F)F)c3)C(=O)N2C)cc1)Oc1ccccc1F. The van der Waals surface area contributed by atoms with Crippen molar-refractivity contribution in [1.82, 2.24) is 9.80 Å². The van der Waals surface area contributed by atoms with Crippen molar-refractivity contribution in [2.75, 3.05) is 26.8 Å². The molecule has 0 N–H and O–H groups in total. The van der Waals surface area contributed by atoms with E-state index in [0.29, 0.717) is 30.9 Å². The number of urea groups is 1. The van der Waals surface area contributed by atoms with E-state index in [1.807, 2.05) is 0 Å². The predicted octanol–water partition coefficient (Wildman–Crippen LogP) is 6.49. The minimum atomic E-state index is -4.45. The molecule has 0 spiro atoms. The van der Waals surface area contributed by atoms with E-state index >= 15 is 0 Å². The van der Waals surface area contributed by atoms with Crippen molar-refractivity contribution < 1.29 is 41.4 Å². The Bertz CT molecular complexity index is 1420. The molecule has 0 radical (unpaired) electrons. The molecule has 2 atom stereocenters. The Hall–Kier alpha value is -4.28. The van der Waals surface area contributed by atoms with Crippen LogP contribution in [0.3, 0.4) is 0 Å². The van der Waals surface area contributed by atoms with Gasteiger partial charge in [0.15, 0.2) is 11.6 Å². The minimum Gasteiger partial charge on any atom is -0.494 e. The number of amides is 2. The fraction of sp³-hybridized carbons (Fsp3) is 0.375. The number of carbonyl (C=O) groups is 2. The molecule has 0 aromatic heterocycles. The van der Waals surface area contributed by atoms with E-state index in [-0.39, 0.29) is 37.4 Å². The number of hydrogen-bond acceptors (Lipinski definition) is 5. The van der Waals surface area contributed by atoms with Crippen LogP contribution in [-0.2, 0) is 28.7 Å². The second kappa shape index (κ2) is 13.4. The number of rotatable bonds is 12. The Balaban J connectivity index is 1.32. The van der Waals surface area contributed by atoms with Gasteiger partial charge in [-0.15, -0.1) is 0 Å². The molecule has 230 valence electrons. The summed E-state index contributed by atoms with van der Waals surface area (Å²) in [6.45, 7) is 4.13. The molecule has 1 aliphatic rings. The Labute approximate surface area is 247 Å². The number of benzene rings is 3. The van der Waals surface area contributed by atoms with E-state index in [9.17, 15) is 27.2 Å². The molecule has 0 bridgehead atoms. The van der Waals surface area contributed by atoms with Crippen molar-refractivity contribution in [3.63, 3.8) is 0 Å². The Morgan fingerprint density at radius 1 is 1.00 bits per heavy atom. The van der Waals surface area contributed by atoms with E-state index in [4.69, 9.17) is 14.2 Å². The quantitative estimate of drug-likeness (QED) is 0.175. The van der Waals surface area contributed by atoms with E-state index in [1.54, 1.807) is 62.2 Å². The first-order valence-electron chi connectivity index (χ1n) is 13.9. The lowest BCUT2D eigenvalue weighted by Crippen LogP contribution is -2.45. The molecule has 0 aliphatic carbocycles. The predicted molar refractivity (Wildman–Crippen MR) is 151 cm³/mol. The van der Waals surface area contributed by atoms with Crippen LogP contribution in [0.15, 0.2) is 72.8 Å². The molecule has 1 fully saturated rings. The standard InChI is InChI=1S/C32H34F4N2O5/c1-4-41-29(39)31(2,43-28-11-6-5-10-27(28)33)19-22-12-14-26(15-13-22)42-17-16-25-21-38(30(40)37(25)3)20-23-8-7-9-24(18-23)32(34,35)36/h5-15,18,25H,4,16-17,19-21H2,1-3H3. The van der Waals surface area contributed by atoms with E-state index in [0.717, 1.165) is 17.7 Å². The van der Waals surface area contributed by atoms with Gasteiger partial charge in [0.1, 0.15) is 5.75 Å². The van der Waals surface area contributed by atoms with E-state index in [2.05, 4.69) is 0 Å². The molecule has 3 aromatic rings. The maximum atomic E-state index is 14.3. The summed E-state index contributed by atoms with van der Waals surface area (Å²) < 4.78 is 70.4. The zero-order chi connectivity index (χ0) is 31.2. The number of halogens is 4. The van der Waals surface area contributed by atoms with Gasteiger partial charge in [-0.25, -0.2) is 14.0 Å². The highest BCUT2D eigenvalue weighted by molar-refractivity contribution is 5.80. The summed E-state index contributed by atoms with van der Waals surface area (Å²) in [5, 5.41) is 0. The zero-order valence-corrected chi connectivity index (χ0v) is 24.2. The average Bonchev–Trinajstić information content (AvgIpc) is 3.22. The smallest absolute Gasteiger partial charge is 0.416 e. The van der Waals surface area contributed by atoms with Gasteiger partial charge < -0.3 is 24.0 Å². The van der Waals surface area contributed by atoms with E-state index in [1.165, 1.54) is 29.2 Å². The van der Waals surface area contributed by atoms with Crippen LogP contribution in [0.4, 0.5) is 22.4 Å². The molecule has 1 aliphatic heterocycles. The van der Waals surface area contributed by atoms with Crippen LogP contribution in [0.1, 0.15) is 37.0 Å². The maximum Gasteiger partial charge on any atom is 0.416 e. The molecule has 2 unspecified atom stereocenters. The number of ether oxygens (including phenoxy) is 3. The van der Waals surface area contributed by atoms with Gasteiger partial charge >= 0.3 is 18.2 Å². The van der Waals surface area contributed by atoms with Crippen molar-refractivity contribution in [2.24, 2.45) is 0 Å². The molecule has 1 saturated heterocycles. The number of alkyl halides is 3. The molecule has 1 heterocycles. The lowest BCUT2D eigenvalue weighted by Gasteiger charge is -2.28. The van der Waals surface area contributed by atoms with Crippen molar-refractivity contribution >= 4 is 12.0 Å². The van der Waals surface area contributed by atoms with Gasteiger partial charge in [0, 0.05) is 33.0 Å². The second-order valence-electron chi connectivity index (χ2n) is 10.6. The van der Waals surface area contributed by atoms with Gasteiger partial charge in [-0.05, 0) is 61.4 Å². The number of likely N-dealkylation sites (N-methyl/N-ethyl adjacent to an activating group) is 1. The number of carbonyl (C=O) groups excluding carboxylic acids is 2. The van der Waals surface area contributed by atoms with Crippen molar-refractivity contribution in [2.45, 2.75) is 51.1 Å². The molecule has 0 saturated carbocycles. The number of nitrogens with zero attached hydrogens (tertiary/aromatic N) is 2. The molecular formula is C32H34F4N2O5. The second-order valence-corrected chi connectivity index (χ2v) is 10.6. The lowest BCUT2D eigenvalue weighted by molar-refractivity contribution is -0.160. The van der Waals surface area contributed by atoms with Gasteiger partial charge in [-0.1, -0.05) is 36.4 Å². The fourth-order valence-corrected chi connectivity index (χ4v) is 4.93. The highest BCUT2D eigenvalue weighted by atomic mass is 19.4. The monoisotopic (exact) mass is 602 g/mol. The minimum absolute atomic E-state index is 0.0539. The summed E-state index contributed by atoms with van der Waals surface area (Å²) in [6.07, 6.45) is -3.81. The molecule has 3 aromatic carbocycles. The van der Waals surface area contributed by atoms with Crippen LogP contribution in [0.2, 0.25) is 0 Å². The third-order valence-corrected chi connectivity index (χ3v) is 7.24. The van der Waals surface area contributed by atoms with Crippen molar-refractivity contribution in [1.29, 1.82) is 0 Å². The third kappa shape index (κ3) is 7.97. The molecule has 43 heavy (non-hydrogen) atoms. The van der Waals surface area contributed by atoms with Crippen LogP contribution in [-0.4, -0.2) is 60.2 Å². The van der Waals surface area contributed by atoms with Gasteiger partial charge in [0.2, 0.25) is 5.60 Å². The summed E-state index contributed by atoms with van der Waals surface area (Å²) in [5.41, 5.74) is -1.07. The van der Waals surface area contributed by atoms with Crippen LogP contribution in [0, 0.1) is 5.82 Å².